The molecule has 2 unspecified atom stereocenters. The Hall–Kier alpha value is -3.64. The molecular formula is C29H32N2O4. The first-order chi connectivity index (χ1) is 17.1. The van der Waals surface area contributed by atoms with Gasteiger partial charge in [-0.25, -0.2) is 0 Å². The maximum Gasteiger partial charge on any atom is 0.247 e. The van der Waals surface area contributed by atoms with Crippen LogP contribution >= 0.6 is 0 Å². The molecule has 4 rings (SSSR count). The van der Waals surface area contributed by atoms with Crippen LogP contribution in [0.15, 0.2) is 84.9 Å². The average Bonchev–Trinajstić information content (AvgIpc) is 3.42. The third kappa shape index (κ3) is 6.70. The molecular weight excluding hydrogens is 440 g/mol. The molecule has 0 aromatic heterocycles. The van der Waals surface area contributed by atoms with E-state index in [-0.39, 0.29) is 24.3 Å². The Morgan fingerprint density at radius 2 is 1.66 bits per heavy atom. The molecule has 1 saturated heterocycles. The Labute approximate surface area is 206 Å². The minimum atomic E-state index is -0.768. The Kier molecular flexibility index (Phi) is 8.52. The second-order valence-electron chi connectivity index (χ2n) is 8.73. The van der Waals surface area contributed by atoms with Crippen molar-refractivity contribution in [3.8, 4) is 5.75 Å². The molecule has 6 nitrogen and oxygen atoms in total. The smallest absolute Gasteiger partial charge is 0.247 e. The van der Waals surface area contributed by atoms with Crippen LogP contribution in [0.25, 0.3) is 0 Å². The number of nitrogens with one attached hydrogen (secondary N) is 1. The van der Waals surface area contributed by atoms with Crippen molar-refractivity contribution in [3.05, 3.63) is 102 Å². The predicted octanol–water partition coefficient (Wildman–Crippen LogP) is 4.30. The highest BCUT2D eigenvalue weighted by molar-refractivity contribution is 5.89. The predicted molar refractivity (Wildman–Crippen MR) is 135 cm³/mol. The van der Waals surface area contributed by atoms with E-state index >= 15 is 0 Å². The molecule has 0 saturated carbocycles. The highest BCUT2D eigenvalue weighted by atomic mass is 16.5. The lowest BCUT2D eigenvalue weighted by Gasteiger charge is -2.32. The van der Waals surface area contributed by atoms with E-state index in [2.05, 4.69) is 5.32 Å². The van der Waals surface area contributed by atoms with Crippen LogP contribution in [0.1, 0.15) is 35.6 Å². The Balaban J connectivity index is 1.64. The lowest BCUT2D eigenvalue weighted by Crippen LogP contribution is -2.45. The molecule has 0 spiro atoms. The number of rotatable bonds is 10. The zero-order chi connectivity index (χ0) is 24.5. The maximum atomic E-state index is 13.7. The fourth-order valence-electron chi connectivity index (χ4n) is 4.35. The van der Waals surface area contributed by atoms with Gasteiger partial charge < -0.3 is 19.7 Å². The number of ether oxygens (including phenoxy) is 2. The van der Waals surface area contributed by atoms with Gasteiger partial charge in [0, 0.05) is 19.7 Å². The lowest BCUT2D eigenvalue weighted by molar-refractivity contribution is -0.141. The molecule has 3 aromatic carbocycles. The molecule has 1 N–H and O–H groups in total. The number of amides is 2. The van der Waals surface area contributed by atoms with E-state index in [0.29, 0.717) is 13.1 Å². The van der Waals surface area contributed by atoms with Crippen LogP contribution in [0.5, 0.6) is 5.75 Å². The van der Waals surface area contributed by atoms with Crippen LogP contribution in [0.3, 0.4) is 0 Å². The molecule has 1 aliphatic heterocycles. The highest BCUT2D eigenvalue weighted by Crippen LogP contribution is 2.26. The molecule has 0 radical (unpaired) electrons. The number of carbonyl (C=O) groups excluding carboxylic acids is 2. The summed E-state index contributed by atoms with van der Waals surface area (Å²) in [5.41, 5.74) is 2.59. The number of hydrogen-bond donors (Lipinski definition) is 1. The standard InChI is InChI=1S/C29H32N2O4/c1-34-25-16-14-23(15-17-25)21-31(27(32)19-22-9-4-2-5-10-22)28(24-11-6-3-7-12-24)29(33)30-20-26-13-8-18-35-26/h2-7,9-12,14-17,26,28H,8,13,18-21H2,1H3,(H,30,33). The molecule has 0 aliphatic carbocycles. The van der Waals surface area contributed by atoms with Gasteiger partial charge in [0.15, 0.2) is 0 Å². The van der Waals surface area contributed by atoms with Crippen LogP contribution in [-0.2, 0) is 27.3 Å². The molecule has 3 aromatic rings. The summed E-state index contributed by atoms with van der Waals surface area (Å²) in [6.45, 7) is 1.45. The second kappa shape index (κ2) is 12.2. The molecule has 1 fully saturated rings. The van der Waals surface area contributed by atoms with Gasteiger partial charge in [0.25, 0.3) is 0 Å². The van der Waals surface area contributed by atoms with Crippen molar-refractivity contribution in [3.63, 3.8) is 0 Å². The molecule has 0 bridgehead atoms. The topological polar surface area (TPSA) is 67.9 Å². The first-order valence-electron chi connectivity index (χ1n) is 12.0. The summed E-state index contributed by atoms with van der Waals surface area (Å²) in [5, 5.41) is 3.05. The van der Waals surface area contributed by atoms with Gasteiger partial charge >= 0.3 is 0 Å². The van der Waals surface area contributed by atoms with E-state index in [1.165, 1.54) is 0 Å². The van der Waals surface area contributed by atoms with Gasteiger partial charge in [-0.1, -0.05) is 72.8 Å². The SMILES string of the molecule is COc1ccc(CN(C(=O)Cc2ccccc2)C(C(=O)NCC2CCCO2)c2ccccc2)cc1. The van der Waals surface area contributed by atoms with Gasteiger partial charge in [0.1, 0.15) is 11.8 Å². The summed E-state index contributed by atoms with van der Waals surface area (Å²) in [6, 6.07) is 25.9. The van der Waals surface area contributed by atoms with E-state index in [9.17, 15) is 9.59 Å². The molecule has 1 heterocycles. The summed E-state index contributed by atoms with van der Waals surface area (Å²) >= 11 is 0. The summed E-state index contributed by atoms with van der Waals surface area (Å²) in [7, 11) is 1.62. The summed E-state index contributed by atoms with van der Waals surface area (Å²) < 4.78 is 11.0. The van der Waals surface area contributed by atoms with Crippen molar-refractivity contribution in [2.75, 3.05) is 20.3 Å². The first-order valence-corrected chi connectivity index (χ1v) is 12.0. The third-order valence-electron chi connectivity index (χ3n) is 6.23. The summed E-state index contributed by atoms with van der Waals surface area (Å²) in [6.07, 6.45) is 2.16. The van der Waals surface area contributed by atoms with Crippen LogP contribution < -0.4 is 10.1 Å². The zero-order valence-corrected chi connectivity index (χ0v) is 20.1. The number of benzene rings is 3. The monoisotopic (exact) mass is 472 g/mol. The fourth-order valence-corrected chi connectivity index (χ4v) is 4.35. The normalized spacial score (nSPS) is 15.9. The van der Waals surface area contributed by atoms with Gasteiger partial charge in [-0.2, -0.15) is 0 Å². The van der Waals surface area contributed by atoms with E-state index in [4.69, 9.17) is 9.47 Å². The molecule has 6 heteroatoms. The molecule has 2 atom stereocenters. The lowest BCUT2D eigenvalue weighted by atomic mass is 10.0. The Morgan fingerprint density at radius 3 is 2.29 bits per heavy atom. The van der Waals surface area contributed by atoms with E-state index < -0.39 is 6.04 Å². The van der Waals surface area contributed by atoms with Crippen molar-refractivity contribution in [2.45, 2.75) is 38.0 Å². The van der Waals surface area contributed by atoms with Gasteiger partial charge in [-0.05, 0) is 41.7 Å². The summed E-state index contributed by atoms with van der Waals surface area (Å²) in [4.78, 5) is 29.0. The quantitative estimate of drug-likeness (QED) is 0.478. The van der Waals surface area contributed by atoms with Gasteiger partial charge in [-0.15, -0.1) is 0 Å². The minimum Gasteiger partial charge on any atom is -0.497 e. The van der Waals surface area contributed by atoms with E-state index in [0.717, 1.165) is 41.9 Å². The van der Waals surface area contributed by atoms with Gasteiger partial charge in [-0.3, -0.25) is 9.59 Å². The number of methoxy groups -OCH3 is 1. The van der Waals surface area contributed by atoms with Gasteiger partial charge in [0.05, 0.1) is 19.6 Å². The number of hydrogen-bond acceptors (Lipinski definition) is 4. The van der Waals surface area contributed by atoms with Crippen LogP contribution in [-0.4, -0.2) is 43.1 Å². The third-order valence-corrected chi connectivity index (χ3v) is 6.23. The average molecular weight is 473 g/mol. The van der Waals surface area contributed by atoms with Crippen molar-refractivity contribution in [1.29, 1.82) is 0 Å². The van der Waals surface area contributed by atoms with E-state index in [1.807, 2.05) is 84.9 Å². The first kappa shape index (κ1) is 24.5. The fraction of sp³-hybridized carbons (Fsp3) is 0.310. The largest absolute Gasteiger partial charge is 0.497 e. The van der Waals surface area contributed by atoms with Crippen molar-refractivity contribution >= 4 is 11.8 Å². The van der Waals surface area contributed by atoms with E-state index in [1.54, 1.807) is 12.0 Å². The van der Waals surface area contributed by atoms with Crippen LogP contribution in [0.4, 0.5) is 0 Å². The number of nitrogens with zero attached hydrogens (tertiary/aromatic N) is 1. The van der Waals surface area contributed by atoms with Crippen LogP contribution in [0.2, 0.25) is 0 Å². The van der Waals surface area contributed by atoms with Crippen LogP contribution in [0, 0.1) is 0 Å². The Bertz CT molecular complexity index is 1080. The molecule has 182 valence electrons. The Morgan fingerprint density at radius 1 is 0.971 bits per heavy atom. The second-order valence-corrected chi connectivity index (χ2v) is 8.73. The minimum absolute atomic E-state index is 0.0189. The van der Waals surface area contributed by atoms with Gasteiger partial charge in [0.2, 0.25) is 11.8 Å². The highest BCUT2D eigenvalue weighted by Gasteiger charge is 2.32. The maximum absolute atomic E-state index is 13.7. The molecule has 1 aliphatic rings. The molecule has 2 amide bonds. The molecule has 35 heavy (non-hydrogen) atoms. The number of carbonyl (C=O) groups is 2. The van der Waals surface area contributed by atoms with Crippen molar-refractivity contribution in [2.24, 2.45) is 0 Å². The zero-order valence-electron chi connectivity index (χ0n) is 20.1. The van der Waals surface area contributed by atoms with Crippen molar-refractivity contribution < 1.29 is 19.1 Å². The van der Waals surface area contributed by atoms with Crippen molar-refractivity contribution in [1.82, 2.24) is 10.2 Å². The summed E-state index contributed by atoms with van der Waals surface area (Å²) in [5.74, 6) is 0.416.